The SMILES string of the molecule is C[C@H](CO)NC(=O)Cn1ccc(C(F)(F)F)n1. The van der Waals surface area contributed by atoms with Gasteiger partial charge in [0.05, 0.1) is 6.61 Å². The molecule has 0 spiro atoms. The van der Waals surface area contributed by atoms with E-state index in [2.05, 4.69) is 10.4 Å². The summed E-state index contributed by atoms with van der Waals surface area (Å²) in [7, 11) is 0. The van der Waals surface area contributed by atoms with E-state index >= 15 is 0 Å². The number of nitrogens with zero attached hydrogens (tertiary/aromatic N) is 2. The molecular weight excluding hydrogens is 239 g/mol. The van der Waals surface area contributed by atoms with Crippen molar-refractivity contribution in [3.05, 3.63) is 18.0 Å². The van der Waals surface area contributed by atoms with Crippen molar-refractivity contribution in [3.63, 3.8) is 0 Å². The van der Waals surface area contributed by atoms with Crippen molar-refractivity contribution >= 4 is 5.91 Å². The summed E-state index contributed by atoms with van der Waals surface area (Å²) < 4.78 is 37.5. The van der Waals surface area contributed by atoms with Gasteiger partial charge in [0.25, 0.3) is 0 Å². The van der Waals surface area contributed by atoms with Gasteiger partial charge in [-0.2, -0.15) is 18.3 Å². The second-order valence-electron chi connectivity index (χ2n) is 3.55. The van der Waals surface area contributed by atoms with Crippen LogP contribution in [0, 0.1) is 0 Å². The van der Waals surface area contributed by atoms with Gasteiger partial charge in [-0.25, -0.2) is 0 Å². The highest BCUT2D eigenvalue weighted by Gasteiger charge is 2.33. The van der Waals surface area contributed by atoms with Crippen LogP contribution < -0.4 is 5.32 Å². The number of hydrogen-bond donors (Lipinski definition) is 2. The van der Waals surface area contributed by atoms with E-state index < -0.39 is 23.8 Å². The lowest BCUT2D eigenvalue weighted by molar-refractivity contribution is -0.141. The predicted octanol–water partition coefficient (Wildman–Crippen LogP) is 0.399. The van der Waals surface area contributed by atoms with Gasteiger partial charge in [0.1, 0.15) is 6.54 Å². The van der Waals surface area contributed by atoms with Gasteiger partial charge in [0, 0.05) is 12.2 Å². The van der Waals surface area contributed by atoms with E-state index in [0.29, 0.717) is 0 Å². The molecule has 0 aliphatic carbocycles. The van der Waals surface area contributed by atoms with E-state index in [-0.39, 0.29) is 13.2 Å². The Labute approximate surface area is 95.2 Å². The van der Waals surface area contributed by atoms with Crippen molar-refractivity contribution in [2.75, 3.05) is 6.61 Å². The van der Waals surface area contributed by atoms with Gasteiger partial charge in [0.15, 0.2) is 5.69 Å². The number of rotatable bonds is 4. The smallest absolute Gasteiger partial charge is 0.394 e. The third-order valence-corrected chi connectivity index (χ3v) is 1.92. The first kappa shape index (κ1) is 13.5. The number of hydrogen-bond acceptors (Lipinski definition) is 3. The molecule has 0 saturated heterocycles. The number of amides is 1. The van der Waals surface area contributed by atoms with E-state index in [1.807, 2.05) is 0 Å². The first-order valence-electron chi connectivity index (χ1n) is 4.84. The fourth-order valence-corrected chi connectivity index (χ4v) is 1.11. The predicted molar refractivity (Wildman–Crippen MR) is 51.9 cm³/mol. The van der Waals surface area contributed by atoms with Crippen molar-refractivity contribution < 1.29 is 23.1 Å². The molecule has 0 fully saturated rings. The maximum Gasteiger partial charge on any atom is 0.435 e. The summed E-state index contributed by atoms with van der Waals surface area (Å²) in [6.45, 7) is 1.02. The molecule has 0 aliphatic heterocycles. The van der Waals surface area contributed by atoms with Gasteiger partial charge >= 0.3 is 6.18 Å². The largest absolute Gasteiger partial charge is 0.435 e. The number of aliphatic hydroxyl groups excluding tert-OH is 1. The van der Waals surface area contributed by atoms with Gasteiger partial charge in [-0.05, 0) is 13.0 Å². The Morgan fingerprint density at radius 3 is 2.76 bits per heavy atom. The molecule has 17 heavy (non-hydrogen) atoms. The lowest BCUT2D eigenvalue weighted by Gasteiger charge is -2.10. The highest BCUT2D eigenvalue weighted by Crippen LogP contribution is 2.27. The van der Waals surface area contributed by atoms with Crippen LogP contribution in [0.3, 0.4) is 0 Å². The van der Waals surface area contributed by atoms with E-state index in [0.717, 1.165) is 16.9 Å². The lowest BCUT2D eigenvalue weighted by Crippen LogP contribution is -2.37. The van der Waals surface area contributed by atoms with Crippen LogP contribution in [0.4, 0.5) is 13.2 Å². The van der Waals surface area contributed by atoms with Gasteiger partial charge in [-0.15, -0.1) is 0 Å². The Kier molecular flexibility index (Phi) is 4.11. The Hall–Kier alpha value is -1.57. The minimum atomic E-state index is -4.51. The molecule has 1 atom stereocenters. The molecule has 1 aromatic heterocycles. The Bertz CT molecular complexity index is 389. The normalized spacial score (nSPS) is 13.5. The number of nitrogens with one attached hydrogen (secondary N) is 1. The van der Waals surface area contributed by atoms with Crippen molar-refractivity contribution in [1.29, 1.82) is 0 Å². The molecule has 8 heteroatoms. The molecule has 1 aromatic rings. The summed E-state index contributed by atoms with van der Waals surface area (Å²) in [5, 5.41) is 14.3. The summed E-state index contributed by atoms with van der Waals surface area (Å²) in [5.41, 5.74) is -1.04. The maximum absolute atomic E-state index is 12.2. The fraction of sp³-hybridized carbons (Fsp3) is 0.556. The van der Waals surface area contributed by atoms with Crippen LogP contribution in [0.15, 0.2) is 12.3 Å². The first-order valence-corrected chi connectivity index (χ1v) is 4.84. The molecule has 96 valence electrons. The Morgan fingerprint density at radius 2 is 2.29 bits per heavy atom. The summed E-state index contributed by atoms with van der Waals surface area (Å²) >= 11 is 0. The van der Waals surface area contributed by atoms with Gasteiger partial charge < -0.3 is 10.4 Å². The Balaban J connectivity index is 2.58. The summed E-state index contributed by atoms with van der Waals surface area (Å²) in [6.07, 6.45) is -3.44. The lowest BCUT2D eigenvalue weighted by atomic mass is 10.3. The highest BCUT2D eigenvalue weighted by molar-refractivity contribution is 5.75. The molecular formula is C9H12F3N3O2. The molecule has 0 saturated carbocycles. The van der Waals surface area contributed by atoms with Crippen LogP contribution in [0.2, 0.25) is 0 Å². The number of aliphatic hydroxyl groups is 1. The zero-order valence-corrected chi connectivity index (χ0v) is 9.03. The van der Waals surface area contributed by atoms with Crippen LogP contribution in [0.1, 0.15) is 12.6 Å². The van der Waals surface area contributed by atoms with Crippen molar-refractivity contribution in [3.8, 4) is 0 Å². The summed E-state index contributed by atoms with van der Waals surface area (Å²) in [6, 6.07) is 0.350. The fourth-order valence-electron chi connectivity index (χ4n) is 1.11. The van der Waals surface area contributed by atoms with E-state index in [1.165, 1.54) is 0 Å². The van der Waals surface area contributed by atoms with Crippen molar-refractivity contribution in [2.45, 2.75) is 25.7 Å². The minimum absolute atomic E-state index is 0.237. The standard InChI is InChI=1S/C9H12F3N3O2/c1-6(5-16)13-8(17)4-15-3-2-7(14-15)9(10,11)12/h2-3,6,16H,4-5H2,1H3,(H,13,17)/t6-/m1/s1. The monoisotopic (exact) mass is 251 g/mol. The van der Waals surface area contributed by atoms with Crippen LogP contribution in [-0.2, 0) is 17.5 Å². The van der Waals surface area contributed by atoms with Crippen LogP contribution in [0.25, 0.3) is 0 Å². The third kappa shape index (κ3) is 4.06. The summed E-state index contributed by atoms with van der Waals surface area (Å²) in [5.74, 6) is -0.511. The third-order valence-electron chi connectivity index (χ3n) is 1.92. The topological polar surface area (TPSA) is 67.2 Å². The molecule has 0 bridgehead atoms. The second-order valence-corrected chi connectivity index (χ2v) is 3.55. The second kappa shape index (κ2) is 5.17. The first-order chi connectivity index (χ1) is 7.82. The molecule has 5 nitrogen and oxygen atoms in total. The van der Waals surface area contributed by atoms with Crippen LogP contribution in [0.5, 0.6) is 0 Å². The van der Waals surface area contributed by atoms with Crippen LogP contribution >= 0.6 is 0 Å². The van der Waals surface area contributed by atoms with Crippen molar-refractivity contribution in [2.24, 2.45) is 0 Å². The highest BCUT2D eigenvalue weighted by atomic mass is 19.4. The zero-order valence-electron chi connectivity index (χ0n) is 9.03. The van der Waals surface area contributed by atoms with E-state index in [1.54, 1.807) is 6.92 Å². The molecule has 2 N–H and O–H groups in total. The molecule has 0 radical (unpaired) electrons. The van der Waals surface area contributed by atoms with Gasteiger partial charge in [-0.3, -0.25) is 9.48 Å². The average Bonchev–Trinajstić information content (AvgIpc) is 2.65. The number of alkyl halides is 3. The molecule has 1 heterocycles. The zero-order chi connectivity index (χ0) is 13.1. The van der Waals surface area contributed by atoms with E-state index in [9.17, 15) is 18.0 Å². The number of carbonyl (C=O) groups excluding carboxylic acids is 1. The average molecular weight is 251 g/mol. The van der Waals surface area contributed by atoms with Gasteiger partial charge in [-0.1, -0.05) is 0 Å². The molecule has 1 rings (SSSR count). The number of aromatic nitrogens is 2. The molecule has 0 unspecified atom stereocenters. The molecule has 0 aromatic carbocycles. The van der Waals surface area contributed by atoms with Crippen molar-refractivity contribution in [1.82, 2.24) is 15.1 Å². The molecule has 0 aliphatic rings. The summed E-state index contributed by atoms with van der Waals surface area (Å²) in [4.78, 5) is 11.3. The van der Waals surface area contributed by atoms with Gasteiger partial charge in [0.2, 0.25) is 5.91 Å². The number of halogens is 3. The van der Waals surface area contributed by atoms with Crippen LogP contribution in [-0.4, -0.2) is 33.4 Å². The maximum atomic E-state index is 12.2. The Morgan fingerprint density at radius 1 is 1.65 bits per heavy atom. The number of carbonyl (C=O) groups is 1. The molecule has 1 amide bonds. The van der Waals surface area contributed by atoms with E-state index in [4.69, 9.17) is 5.11 Å². The minimum Gasteiger partial charge on any atom is -0.394 e. The quantitative estimate of drug-likeness (QED) is 0.814.